The number of sulfonamides is 2. The minimum atomic E-state index is -4.07. The van der Waals surface area contributed by atoms with Crippen LogP contribution in [0.4, 0.5) is 0 Å². The van der Waals surface area contributed by atoms with Crippen LogP contribution in [0.15, 0.2) is 52.3 Å². The van der Waals surface area contributed by atoms with Gasteiger partial charge in [0.2, 0.25) is 20.0 Å². The summed E-state index contributed by atoms with van der Waals surface area (Å²) in [5, 5.41) is 12.8. The van der Waals surface area contributed by atoms with Crippen LogP contribution in [0.3, 0.4) is 0 Å². The third-order valence-electron chi connectivity index (χ3n) is 3.35. The third kappa shape index (κ3) is 3.46. The monoisotopic (exact) mass is 368 g/mol. The average molecular weight is 368 g/mol. The molecule has 2 rings (SSSR count). The van der Waals surface area contributed by atoms with E-state index in [2.05, 4.69) is 4.72 Å². The van der Waals surface area contributed by atoms with Gasteiger partial charge in [-0.3, -0.25) is 5.41 Å². The fourth-order valence-corrected chi connectivity index (χ4v) is 3.72. The first-order valence-electron chi connectivity index (χ1n) is 6.62. The molecule has 6 N–H and O–H groups in total. The van der Waals surface area contributed by atoms with Crippen molar-refractivity contribution in [3.8, 4) is 11.1 Å². The molecule has 2 aromatic rings. The van der Waals surface area contributed by atoms with Crippen LogP contribution in [0.2, 0.25) is 0 Å². The maximum absolute atomic E-state index is 11.7. The number of nitrogens with two attached hydrogens (primary N) is 2. The summed E-state index contributed by atoms with van der Waals surface area (Å²) in [6.07, 6.45) is 0. The van der Waals surface area contributed by atoms with Crippen molar-refractivity contribution in [3.63, 3.8) is 0 Å². The van der Waals surface area contributed by atoms with Crippen molar-refractivity contribution in [2.24, 2.45) is 10.9 Å². The van der Waals surface area contributed by atoms with Gasteiger partial charge in [0.25, 0.3) is 0 Å². The van der Waals surface area contributed by atoms with Gasteiger partial charge in [-0.25, -0.2) is 26.7 Å². The SMILES string of the molecule is CNS(=O)(=O)c1ccc(-c2cccc(S(N)(=O)=O)c2C(=N)N)cc1. The molecule has 2 aromatic carbocycles. The van der Waals surface area contributed by atoms with E-state index in [9.17, 15) is 16.8 Å². The van der Waals surface area contributed by atoms with Crippen molar-refractivity contribution in [1.82, 2.24) is 4.72 Å². The Hall–Kier alpha value is -2.27. The summed E-state index contributed by atoms with van der Waals surface area (Å²) < 4.78 is 49.1. The van der Waals surface area contributed by atoms with Crippen molar-refractivity contribution >= 4 is 25.9 Å². The molecule has 8 nitrogen and oxygen atoms in total. The van der Waals surface area contributed by atoms with Crippen molar-refractivity contribution in [3.05, 3.63) is 48.0 Å². The maximum atomic E-state index is 11.7. The van der Waals surface area contributed by atoms with Crippen LogP contribution in [0, 0.1) is 5.41 Å². The Balaban J connectivity index is 2.68. The number of primary sulfonamides is 1. The first-order chi connectivity index (χ1) is 11.1. The first-order valence-corrected chi connectivity index (χ1v) is 9.65. The summed E-state index contributed by atoms with van der Waals surface area (Å²) in [5.41, 5.74) is 6.37. The van der Waals surface area contributed by atoms with E-state index in [4.69, 9.17) is 16.3 Å². The largest absolute Gasteiger partial charge is 0.384 e. The molecule has 0 unspecified atom stereocenters. The number of hydrogen-bond acceptors (Lipinski definition) is 5. The molecule has 10 heteroatoms. The molecule has 0 spiro atoms. The van der Waals surface area contributed by atoms with Crippen LogP contribution in [0.1, 0.15) is 5.56 Å². The highest BCUT2D eigenvalue weighted by Gasteiger charge is 2.20. The van der Waals surface area contributed by atoms with Crippen molar-refractivity contribution < 1.29 is 16.8 Å². The lowest BCUT2D eigenvalue weighted by molar-refractivity contribution is 0.588. The van der Waals surface area contributed by atoms with Crippen LogP contribution in [-0.2, 0) is 20.0 Å². The minimum Gasteiger partial charge on any atom is -0.384 e. The lowest BCUT2D eigenvalue weighted by atomic mass is 9.99. The molecule has 0 aromatic heterocycles. The number of nitrogens with one attached hydrogen (secondary N) is 2. The van der Waals surface area contributed by atoms with Crippen LogP contribution in [0.25, 0.3) is 11.1 Å². The second-order valence-electron chi connectivity index (χ2n) is 4.87. The third-order valence-corrected chi connectivity index (χ3v) is 5.73. The number of hydrogen-bond donors (Lipinski definition) is 4. The van der Waals surface area contributed by atoms with Crippen LogP contribution >= 0.6 is 0 Å². The summed E-state index contributed by atoms with van der Waals surface area (Å²) >= 11 is 0. The Bertz CT molecular complexity index is 998. The molecule has 128 valence electrons. The molecule has 0 saturated carbocycles. The number of rotatable bonds is 5. The van der Waals surface area contributed by atoms with Gasteiger partial charge in [0.05, 0.1) is 9.79 Å². The highest BCUT2D eigenvalue weighted by Crippen LogP contribution is 2.29. The Morgan fingerprint density at radius 2 is 1.62 bits per heavy atom. The van der Waals surface area contributed by atoms with Gasteiger partial charge in [0.1, 0.15) is 5.84 Å². The Morgan fingerprint density at radius 3 is 2.08 bits per heavy atom. The van der Waals surface area contributed by atoms with Crippen LogP contribution < -0.4 is 15.6 Å². The molecule has 0 aliphatic carbocycles. The van der Waals surface area contributed by atoms with E-state index in [1.165, 1.54) is 43.4 Å². The maximum Gasteiger partial charge on any atom is 0.240 e. The molecule has 0 radical (unpaired) electrons. The normalized spacial score (nSPS) is 12.1. The number of benzene rings is 2. The predicted molar refractivity (Wildman–Crippen MR) is 90.5 cm³/mol. The Morgan fingerprint density at radius 1 is 1.04 bits per heavy atom. The van der Waals surface area contributed by atoms with Crippen molar-refractivity contribution in [2.45, 2.75) is 9.79 Å². The molecule has 24 heavy (non-hydrogen) atoms. The van der Waals surface area contributed by atoms with Gasteiger partial charge in [-0.15, -0.1) is 0 Å². The van der Waals surface area contributed by atoms with E-state index in [-0.39, 0.29) is 15.4 Å². The van der Waals surface area contributed by atoms with E-state index in [0.29, 0.717) is 11.1 Å². The van der Waals surface area contributed by atoms with Crippen molar-refractivity contribution in [2.75, 3.05) is 7.05 Å². The van der Waals surface area contributed by atoms with Gasteiger partial charge in [-0.1, -0.05) is 24.3 Å². The summed E-state index contributed by atoms with van der Waals surface area (Å²) in [6.45, 7) is 0. The lowest BCUT2D eigenvalue weighted by Gasteiger charge is -2.13. The molecule has 0 aliphatic heterocycles. The Labute approximate surface area is 140 Å². The molecule has 0 fully saturated rings. The zero-order chi connectivity index (χ0) is 18.1. The van der Waals surface area contributed by atoms with Crippen LogP contribution in [-0.4, -0.2) is 29.7 Å². The molecule has 0 atom stereocenters. The Kier molecular flexibility index (Phi) is 4.76. The van der Waals surface area contributed by atoms with Gasteiger partial charge in [0.15, 0.2) is 0 Å². The van der Waals surface area contributed by atoms with Gasteiger partial charge >= 0.3 is 0 Å². The molecule has 0 heterocycles. The van der Waals surface area contributed by atoms with Gasteiger partial charge in [0, 0.05) is 5.56 Å². The van der Waals surface area contributed by atoms with E-state index < -0.39 is 25.9 Å². The second-order valence-corrected chi connectivity index (χ2v) is 8.29. The fourth-order valence-electron chi connectivity index (χ4n) is 2.22. The first kappa shape index (κ1) is 18.1. The van der Waals surface area contributed by atoms with Crippen LogP contribution in [0.5, 0.6) is 0 Å². The smallest absolute Gasteiger partial charge is 0.240 e. The summed E-state index contributed by atoms with van der Waals surface area (Å²) in [7, 11) is -6.36. The predicted octanol–water partition coefficient (Wildman–Crippen LogP) is 0.193. The standard InChI is InChI=1S/C14H16N4O4S2/c1-18-24(21,22)10-7-5-9(6-8-10)11-3-2-4-12(23(17,19)20)13(11)14(15)16/h2-8,18H,1H3,(H3,15,16)(H2,17,19,20). The van der Waals surface area contributed by atoms with Gasteiger partial charge < -0.3 is 5.73 Å². The minimum absolute atomic E-state index is 0.0239. The molecule has 0 bridgehead atoms. The molecule has 0 amide bonds. The zero-order valence-electron chi connectivity index (χ0n) is 12.6. The highest BCUT2D eigenvalue weighted by atomic mass is 32.2. The summed E-state index contributed by atoms with van der Waals surface area (Å²) in [6, 6.07) is 10.0. The fraction of sp³-hybridized carbons (Fsp3) is 0.0714. The summed E-state index contributed by atoms with van der Waals surface area (Å²) in [5.74, 6) is -0.457. The highest BCUT2D eigenvalue weighted by molar-refractivity contribution is 7.89. The lowest BCUT2D eigenvalue weighted by Crippen LogP contribution is -2.21. The molecular weight excluding hydrogens is 352 g/mol. The van der Waals surface area contributed by atoms with Gasteiger partial charge in [-0.05, 0) is 36.4 Å². The molecular formula is C14H16N4O4S2. The number of nitrogen functional groups attached to an aromatic ring is 1. The average Bonchev–Trinajstić information content (AvgIpc) is 2.53. The van der Waals surface area contributed by atoms with E-state index in [0.717, 1.165) is 0 Å². The number of amidine groups is 1. The molecule has 0 saturated heterocycles. The molecule has 0 aliphatic rings. The van der Waals surface area contributed by atoms with Crippen molar-refractivity contribution in [1.29, 1.82) is 5.41 Å². The van der Waals surface area contributed by atoms with E-state index in [1.807, 2.05) is 0 Å². The zero-order valence-corrected chi connectivity index (χ0v) is 14.3. The van der Waals surface area contributed by atoms with Gasteiger partial charge in [-0.2, -0.15) is 0 Å². The summed E-state index contributed by atoms with van der Waals surface area (Å²) in [4.78, 5) is -0.208. The van der Waals surface area contributed by atoms with E-state index >= 15 is 0 Å². The quantitative estimate of drug-likeness (QED) is 0.438. The second kappa shape index (κ2) is 6.32. The topological polar surface area (TPSA) is 156 Å². The van der Waals surface area contributed by atoms with E-state index in [1.54, 1.807) is 6.07 Å².